The highest BCUT2D eigenvalue weighted by molar-refractivity contribution is 5.95. The van der Waals surface area contributed by atoms with E-state index in [4.69, 9.17) is 4.74 Å². The van der Waals surface area contributed by atoms with Crippen LogP contribution in [0.5, 0.6) is 0 Å². The molecule has 314 valence electrons. The van der Waals surface area contributed by atoms with Crippen molar-refractivity contribution in [2.75, 3.05) is 13.1 Å². The lowest BCUT2D eigenvalue weighted by Gasteiger charge is -2.36. The van der Waals surface area contributed by atoms with E-state index in [1.54, 1.807) is 62.5 Å². The number of nitrogens with one attached hydrogen (secondary N) is 4. The first-order valence-electron chi connectivity index (χ1n) is 19.1. The average molecular weight is 786 g/mol. The molecule has 0 bridgehead atoms. The Bertz CT molecular complexity index is 1280. The summed E-state index contributed by atoms with van der Waals surface area (Å²) in [5.74, 6) is -3.11. The van der Waals surface area contributed by atoms with Gasteiger partial charge in [-0.2, -0.15) is 13.2 Å². The minimum Gasteiger partial charge on any atom is -0.459 e. The Morgan fingerprint density at radius 3 is 1.89 bits per heavy atom. The van der Waals surface area contributed by atoms with Gasteiger partial charge in [-0.15, -0.1) is 6.58 Å². The van der Waals surface area contributed by atoms with Gasteiger partial charge in [0.2, 0.25) is 24.3 Å². The Balaban J connectivity index is 0. The SMILES string of the molecule is C1CC1.C=CCNC=O.CC.CCC.CCCC(NC(=O)C1CCCN1C(=O)C(NC(=O)NC(C(=O)OCc1ccccc1)C(F)(F)F)C(C)(C)C)C(C)=O. The van der Waals surface area contributed by atoms with Crippen LogP contribution in [0.4, 0.5) is 18.0 Å². The zero-order valence-corrected chi connectivity index (χ0v) is 34.3. The Morgan fingerprint density at radius 1 is 0.927 bits per heavy atom. The summed E-state index contributed by atoms with van der Waals surface area (Å²) >= 11 is 0. The molecule has 1 saturated heterocycles. The number of urea groups is 1. The Morgan fingerprint density at radius 2 is 1.47 bits per heavy atom. The van der Waals surface area contributed by atoms with Crippen molar-refractivity contribution in [1.82, 2.24) is 26.2 Å². The molecule has 4 atom stereocenters. The molecule has 4 N–H and O–H groups in total. The monoisotopic (exact) mass is 785 g/mol. The molecule has 1 heterocycles. The topological polar surface area (TPSA) is 163 Å². The van der Waals surface area contributed by atoms with Crippen molar-refractivity contribution < 1.29 is 46.7 Å². The smallest absolute Gasteiger partial charge is 0.419 e. The minimum atomic E-state index is -5.17. The van der Waals surface area contributed by atoms with E-state index in [1.165, 1.54) is 37.5 Å². The minimum absolute atomic E-state index is 0.183. The lowest BCUT2D eigenvalue weighted by molar-refractivity contribution is -0.183. The maximum absolute atomic E-state index is 13.7. The number of halogens is 3. The molecule has 0 spiro atoms. The fraction of sp³-hybridized carbons (Fsp3) is 0.650. The lowest BCUT2D eigenvalue weighted by atomic mass is 9.85. The number of Topliss-reactive ketones (excluding diaryl/α,β-unsaturated/α-hetero) is 1. The maximum atomic E-state index is 13.7. The molecule has 4 unspecified atom stereocenters. The highest BCUT2D eigenvalue weighted by Crippen LogP contribution is 2.27. The fourth-order valence-corrected chi connectivity index (χ4v) is 4.57. The first kappa shape index (κ1) is 52.7. The van der Waals surface area contributed by atoms with Crippen molar-refractivity contribution in [3.05, 3.63) is 48.6 Å². The molecule has 12 nitrogen and oxygen atoms in total. The number of hydrogen-bond acceptors (Lipinski definition) is 7. The van der Waals surface area contributed by atoms with Crippen LogP contribution >= 0.6 is 0 Å². The number of alkyl halides is 3. The van der Waals surface area contributed by atoms with Crippen molar-refractivity contribution in [3.63, 3.8) is 0 Å². The molecule has 0 aromatic heterocycles. The van der Waals surface area contributed by atoms with Gasteiger partial charge in [0.25, 0.3) is 0 Å². The summed E-state index contributed by atoms with van der Waals surface area (Å²) in [6.07, 6.45) is 4.73. The second-order valence-corrected chi connectivity index (χ2v) is 13.7. The molecule has 1 aliphatic heterocycles. The molecule has 1 saturated carbocycles. The van der Waals surface area contributed by atoms with Crippen LogP contribution in [-0.4, -0.2) is 84.3 Å². The first-order chi connectivity index (χ1) is 25.9. The van der Waals surface area contributed by atoms with Gasteiger partial charge in [0, 0.05) is 13.1 Å². The van der Waals surface area contributed by atoms with Crippen LogP contribution in [0.25, 0.3) is 0 Å². The average Bonchev–Trinajstić information content (AvgIpc) is 3.94. The maximum Gasteiger partial charge on any atom is 0.419 e. The molecule has 3 rings (SSSR count). The molecule has 1 aromatic carbocycles. The van der Waals surface area contributed by atoms with Crippen LogP contribution in [0, 0.1) is 5.41 Å². The van der Waals surface area contributed by atoms with Crippen LogP contribution in [0.1, 0.15) is 119 Å². The molecule has 2 aliphatic rings. The second-order valence-electron chi connectivity index (χ2n) is 13.7. The molecular weight excluding hydrogens is 719 g/mol. The number of ketones is 1. The molecule has 1 aromatic rings. The van der Waals surface area contributed by atoms with E-state index in [-0.39, 0.29) is 12.3 Å². The van der Waals surface area contributed by atoms with Gasteiger partial charge >= 0.3 is 18.2 Å². The summed E-state index contributed by atoms with van der Waals surface area (Å²) < 4.78 is 45.9. The van der Waals surface area contributed by atoms with Gasteiger partial charge in [-0.3, -0.25) is 19.2 Å². The number of carbonyl (C=O) groups excluding carboxylic acids is 6. The van der Waals surface area contributed by atoms with Crippen LogP contribution in [-0.2, 0) is 35.3 Å². The van der Waals surface area contributed by atoms with Gasteiger partial charge < -0.3 is 30.9 Å². The number of esters is 1. The van der Waals surface area contributed by atoms with Crippen molar-refractivity contribution >= 4 is 36.0 Å². The van der Waals surface area contributed by atoms with Crippen LogP contribution in [0.15, 0.2) is 43.0 Å². The third-order valence-corrected chi connectivity index (χ3v) is 7.37. The van der Waals surface area contributed by atoms with E-state index >= 15 is 0 Å². The van der Waals surface area contributed by atoms with Gasteiger partial charge in [0.05, 0.1) is 6.04 Å². The Hall–Kier alpha value is -4.43. The van der Waals surface area contributed by atoms with Crippen LogP contribution in [0.2, 0.25) is 0 Å². The summed E-state index contributed by atoms with van der Waals surface area (Å²) in [4.78, 5) is 74.2. The van der Waals surface area contributed by atoms with Crippen molar-refractivity contribution in [3.8, 4) is 0 Å². The summed E-state index contributed by atoms with van der Waals surface area (Å²) in [6.45, 7) is 20.0. The summed E-state index contributed by atoms with van der Waals surface area (Å²) in [6, 6.07) is 0.726. The molecule has 1 aliphatic carbocycles. The summed E-state index contributed by atoms with van der Waals surface area (Å²) in [7, 11) is 0. The molecule has 2 fully saturated rings. The molecule has 5 amide bonds. The fourth-order valence-electron chi connectivity index (χ4n) is 4.57. The van der Waals surface area contributed by atoms with E-state index in [0.717, 1.165) is 0 Å². The summed E-state index contributed by atoms with van der Waals surface area (Å²) in [5, 5.41) is 8.94. The zero-order valence-electron chi connectivity index (χ0n) is 34.3. The van der Waals surface area contributed by atoms with Gasteiger partial charge in [0.15, 0.2) is 5.78 Å². The normalized spacial score (nSPS) is 15.6. The van der Waals surface area contributed by atoms with Crippen molar-refractivity contribution in [1.29, 1.82) is 0 Å². The standard InChI is InChI=1S/C28H39F3N4O6.C4H7NO.C3H6.C3H8.C2H6/c1-6-11-19(17(2)36)32-23(37)20-14-10-15-35(20)24(38)21(27(3,4)5)33-26(40)34-22(28(29,30)31)25(39)41-16-18-12-8-7-9-13-18;1-2-3-5-4-6;1-2-3-1;1-3-2;1-2/h7-9,12-13,19-22H,6,10-11,14-16H2,1-5H3,(H,32,37)(H2,33,34,40);2,4H,1,3H2,(H,5,6);1-3H2;3H2,1-2H3;1-2H3. The van der Waals surface area contributed by atoms with Gasteiger partial charge in [-0.1, -0.05) is 124 Å². The number of amides is 5. The second kappa shape index (κ2) is 28.9. The highest BCUT2D eigenvalue weighted by Gasteiger charge is 2.48. The highest BCUT2D eigenvalue weighted by atomic mass is 19.4. The van der Waals surface area contributed by atoms with Crippen molar-refractivity contribution in [2.45, 2.75) is 151 Å². The number of rotatable bonds is 14. The first-order valence-corrected chi connectivity index (χ1v) is 19.1. The van der Waals surface area contributed by atoms with Crippen LogP contribution < -0.4 is 21.3 Å². The van der Waals surface area contributed by atoms with E-state index in [1.807, 2.05) is 20.8 Å². The van der Waals surface area contributed by atoms with E-state index in [2.05, 4.69) is 36.4 Å². The summed E-state index contributed by atoms with van der Waals surface area (Å²) in [5.41, 5.74) is -0.526. The molecule has 0 radical (unpaired) electrons. The van der Waals surface area contributed by atoms with Crippen molar-refractivity contribution in [2.24, 2.45) is 5.41 Å². The number of likely N-dealkylation sites (tertiary alicyclic amines) is 1. The zero-order chi connectivity index (χ0) is 42.6. The lowest BCUT2D eigenvalue weighted by Crippen LogP contribution is -2.62. The number of hydrogen-bond donors (Lipinski definition) is 4. The quantitative estimate of drug-likeness (QED) is 0.0700. The van der Waals surface area contributed by atoms with E-state index < -0.39 is 66.2 Å². The predicted molar refractivity (Wildman–Crippen MR) is 209 cm³/mol. The molecular formula is C40H66F3N5O7. The van der Waals surface area contributed by atoms with E-state index in [0.29, 0.717) is 44.2 Å². The van der Waals surface area contributed by atoms with Gasteiger partial charge in [-0.25, -0.2) is 9.59 Å². The third kappa shape index (κ3) is 23.2. The van der Waals surface area contributed by atoms with Crippen LogP contribution in [0.3, 0.4) is 0 Å². The number of ether oxygens (including phenoxy) is 1. The third-order valence-electron chi connectivity index (χ3n) is 7.37. The number of carbonyl (C=O) groups is 6. The Kier molecular flexibility index (Phi) is 27.7. The molecule has 55 heavy (non-hydrogen) atoms. The van der Waals surface area contributed by atoms with E-state index in [9.17, 15) is 41.9 Å². The Labute approximate surface area is 326 Å². The number of nitrogens with zero attached hydrogens (tertiary/aromatic N) is 1. The molecule has 15 heteroatoms. The predicted octanol–water partition coefficient (Wildman–Crippen LogP) is 6.77. The largest absolute Gasteiger partial charge is 0.459 e. The number of benzene rings is 1. The van der Waals surface area contributed by atoms with Gasteiger partial charge in [0.1, 0.15) is 18.7 Å². The van der Waals surface area contributed by atoms with Gasteiger partial charge in [-0.05, 0) is 37.2 Å².